The molecule has 0 atom stereocenters. The number of amides is 1. The third kappa shape index (κ3) is 5.26. The van der Waals surface area contributed by atoms with Gasteiger partial charge in [0.2, 0.25) is 11.0 Å². The first-order valence-corrected chi connectivity index (χ1v) is 10.3. The maximum atomic E-state index is 13.6. The number of benzene rings is 2. The monoisotopic (exact) mass is 420 g/mol. The van der Waals surface area contributed by atoms with E-state index in [0.29, 0.717) is 15.4 Å². The van der Waals surface area contributed by atoms with E-state index in [9.17, 15) is 13.6 Å². The predicted molar refractivity (Wildman–Crippen MR) is 109 cm³/mol. The first kappa shape index (κ1) is 20.2. The molecule has 3 aromatic rings. The van der Waals surface area contributed by atoms with Crippen LogP contribution >= 0.6 is 23.1 Å². The smallest absolute Gasteiger partial charge is 0.234 e. The number of carbonyl (C=O) groups is 1. The average Bonchev–Trinajstić information content (AvgIpc) is 3.11. The summed E-state index contributed by atoms with van der Waals surface area (Å²) in [5.41, 5.74) is 1.69. The van der Waals surface area contributed by atoms with Crippen molar-refractivity contribution in [1.29, 1.82) is 0 Å². The number of thioether (sulfide) groups is 1. The van der Waals surface area contributed by atoms with E-state index in [2.05, 4.69) is 46.8 Å². The molecule has 2 aromatic carbocycles. The van der Waals surface area contributed by atoms with Gasteiger partial charge in [0.15, 0.2) is 4.34 Å². The van der Waals surface area contributed by atoms with E-state index >= 15 is 0 Å². The zero-order valence-electron chi connectivity index (χ0n) is 15.2. The van der Waals surface area contributed by atoms with E-state index < -0.39 is 23.2 Å². The predicted octanol–water partition coefficient (Wildman–Crippen LogP) is 5.41. The standard InChI is InChI=1S/C19H18F2N4OS2/c1-11(2)12-6-8-13(9-7-12)22-18-24-25-19(28-18)27-10-16(26)23-17-14(20)4-3-5-15(17)21/h3-9,11H,10H2,1-2H3,(H,22,24)(H,23,26). The highest BCUT2D eigenvalue weighted by molar-refractivity contribution is 8.01. The molecule has 0 bridgehead atoms. The molecular formula is C19H18F2N4OS2. The van der Waals surface area contributed by atoms with Crippen LogP contribution in [-0.2, 0) is 4.79 Å². The number of hydrogen-bond acceptors (Lipinski definition) is 6. The van der Waals surface area contributed by atoms with Crippen LogP contribution in [0.2, 0.25) is 0 Å². The summed E-state index contributed by atoms with van der Waals surface area (Å²) in [6, 6.07) is 11.5. The van der Waals surface area contributed by atoms with Crippen molar-refractivity contribution >= 4 is 45.5 Å². The third-order valence-electron chi connectivity index (χ3n) is 3.79. The van der Waals surface area contributed by atoms with Crippen LogP contribution in [0.25, 0.3) is 0 Å². The summed E-state index contributed by atoms with van der Waals surface area (Å²) in [7, 11) is 0. The Bertz CT molecular complexity index is 941. The molecule has 0 saturated carbocycles. The van der Waals surface area contributed by atoms with Crippen molar-refractivity contribution in [2.24, 2.45) is 0 Å². The van der Waals surface area contributed by atoms with Gasteiger partial charge in [-0.2, -0.15) is 0 Å². The zero-order valence-corrected chi connectivity index (χ0v) is 16.8. The first-order valence-electron chi connectivity index (χ1n) is 8.49. The average molecular weight is 421 g/mol. The van der Waals surface area contributed by atoms with Gasteiger partial charge in [0.05, 0.1) is 5.75 Å². The van der Waals surface area contributed by atoms with Gasteiger partial charge < -0.3 is 10.6 Å². The zero-order chi connectivity index (χ0) is 20.1. The van der Waals surface area contributed by atoms with Crippen molar-refractivity contribution in [2.45, 2.75) is 24.1 Å². The van der Waals surface area contributed by atoms with E-state index in [-0.39, 0.29) is 5.75 Å². The molecule has 0 fully saturated rings. The minimum Gasteiger partial charge on any atom is -0.330 e. The Kier molecular flexibility index (Phi) is 6.58. The van der Waals surface area contributed by atoms with Gasteiger partial charge in [0.25, 0.3) is 0 Å². The molecule has 0 radical (unpaired) electrons. The van der Waals surface area contributed by atoms with Gasteiger partial charge in [-0.25, -0.2) is 8.78 Å². The Morgan fingerprint density at radius 3 is 2.43 bits per heavy atom. The van der Waals surface area contributed by atoms with Crippen molar-refractivity contribution in [2.75, 3.05) is 16.4 Å². The van der Waals surface area contributed by atoms with Crippen LogP contribution in [0.3, 0.4) is 0 Å². The fourth-order valence-electron chi connectivity index (χ4n) is 2.31. The van der Waals surface area contributed by atoms with Crippen molar-refractivity contribution < 1.29 is 13.6 Å². The van der Waals surface area contributed by atoms with Gasteiger partial charge in [-0.15, -0.1) is 10.2 Å². The molecule has 1 aromatic heterocycles. The quantitative estimate of drug-likeness (QED) is 0.500. The van der Waals surface area contributed by atoms with E-state index in [1.807, 2.05) is 12.1 Å². The highest BCUT2D eigenvalue weighted by Crippen LogP contribution is 2.28. The second-order valence-corrected chi connectivity index (χ2v) is 8.41. The van der Waals surface area contributed by atoms with Gasteiger partial charge in [0, 0.05) is 5.69 Å². The lowest BCUT2D eigenvalue weighted by Crippen LogP contribution is -2.16. The van der Waals surface area contributed by atoms with E-state index in [1.165, 1.54) is 23.0 Å². The van der Waals surface area contributed by atoms with Crippen molar-refractivity contribution in [3.05, 3.63) is 59.7 Å². The Morgan fingerprint density at radius 1 is 1.11 bits per heavy atom. The lowest BCUT2D eigenvalue weighted by atomic mass is 10.0. The van der Waals surface area contributed by atoms with Crippen molar-refractivity contribution in [1.82, 2.24) is 10.2 Å². The minimum absolute atomic E-state index is 0.0362. The molecule has 0 aliphatic carbocycles. The molecule has 5 nitrogen and oxygen atoms in total. The van der Waals surface area contributed by atoms with Crippen molar-refractivity contribution in [3.8, 4) is 0 Å². The number of rotatable bonds is 7. The molecule has 0 spiro atoms. The second-order valence-electron chi connectivity index (χ2n) is 6.21. The van der Waals surface area contributed by atoms with E-state index in [0.717, 1.165) is 29.6 Å². The molecule has 0 saturated heterocycles. The maximum absolute atomic E-state index is 13.6. The summed E-state index contributed by atoms with van der Waals surface area (Å²) in [6.07, 6.45) is 0. The fourth-order valence-corrected chi connectivity index (χ4v) is 3.89. The summed E-state index contributed by atoms with van der Waals surface area (Å²) < 4.78 is 27.7. The van der Waals surface area contributed by atoms with Crippen LogP contribution in [0.15, 0.2) is 46.8 Å². The molecule has 0 unspecified atom stereocenters. The first-order chi connectivity index (χ1) is 13.4. The number of para-hydroxylation sites is 1. The molecule has 0 aliphatic heterocycles. The minimum atomic E-state index is -0.816. The Labute approximate surface area is 169 Å². The molecule has 146 valence electrons. The summed E-state index contributed by atoms with van der Waals surface area (Å²) >= 11 is 2.44. The molecule has 1 amide bonds. The second kappa shape index (κ2) is 9.11. The van der Waals surface area contributed by atoms with Crippen LogP contribution in [0.4, 0.5) is 25.3 Å². The molecule has 28 heavy (non-hydrogen) atoms. The van der Waals surface area contributed by atoms with Crippen molar-refractivity contribution in [3.63, 3.8) is 0 Å². The molecule has 0 aliphatic rings. The summed E-state index contributed by atoms with van der Waals surface area (Å²) in [6.45, 7) is 4.26. The largest absolute Gasteiger partial charge is 0.330 e. The molecule has 1 heterocycles. The molecular weight excluding hydrogens is 402 g/mol. The SMILES string of the molecule is CC(C)c1ccc(Nc2nnc(SCC(=O)Nc3c(F)cccc3F)s2)cc1. The van der Waals surface area contributed by atoms with Crippen LogP contribution in [0, 0.1) is 11.6 Å². The Balaban J connectivity index is 1.53. The number of nitrogens with zero attached hydrogens (tertiary/aromatic N) is 2. The van der Waals surface area contributed by atoms with Crippen LogP contribution in [0.1, 0.15) is 25.3 Å². The van der Waals surface area contributed by atoms with Gasteiger partial charge in [0.1, 0.15) is 17.3 Å². The van der Waals surface area contributed by atoms with Gasteiger partial charge >= 0.3 is 0 Å². The maximum Gasteiger partial charge on any atom is 0.234 e. The van der Waals surface area contributed by atoms with Crippen LogP contribution in [0.5, 0.6) is 0 Å². The fraction of sp³-hybridized carbons (Fsp3) is 0.211. The number of aromatic nitrogens is 2. The summed E-state index contributed by atoms with van der Waals surface area (Å²) in [5, 5.41) is 14.1. The highest BCUT2D eigenvalue weighted by atomic mass is 32.2. The summed E-state index contributed by atoms with van der Waals surface area (Å²) in [5.74, 6) is -1.73. The van der Waals surface area contributed by atoms with E-state index in [1.54, 1.807) is 0 Å². The number of hydrogen-bond donors (Lipinski definition) is 2. The Hall–Kier alpha value is -2.52. The topological polar surface area (TPSA) is 66.9 Å². The number of nitrogens with one attached hydrogen (secondary N) is 2. The summed E-state index contributed by atoms with van der Waals surface area (Å²) in [4.78, 5) is 12.0. The lowest BCUT2D eigenvalue weighted by molar-refractivity contribution is -0.113. The van der Waals surface area contributed by atoms with Gasteiger partial charge in [-0.05, 0) is 35.7 Å². The number of carbonyl (C=O) groups excluding carboxylic acids is 1. The Morgan fingerprint density at radius 2 is 1.79 bits per heavy atom. The van der Waals surface area contributed by atoms with E-state index in [4.69, 9.17) is 0 Å². The highest BCUT2D eigenvalue weighted by Gasteiger charge is 2.13. The lowest BCUT2D eigenvalue weighted by Gasteiger charge is -2.07. The number of anilines is 3. The molecule has 2 N–H and O–H groups in total. The number of halogens is 2. The van der Waals surface area contributed by atoms with Crippen LogP contribution < -0.4 is 10.6 Å². The van der Waals surface area contributed by atoms with Gasteiger partial charge in [-0.1, -0.05) is 55.1 Å². The molecule has 3 rings (SSSR count). The normalized spacial score (nSPS) is 10.9. The third-order valence-corrected chi connectivity index (χ3v) is 5.76. The molecule has 9 heteroatoms. The van der Waals surface area contributed by atoms with Crippen LogP contribution in [-0.4, -0.2) is 21.9 Å². The van der Waals surface area contributed by atoms with Gasteiger partial charge in [-0.3, -0.25) is 4.79 Å².